The highest BCUT2D eigenvalue weighted by Crippen LogP contribution is 2.29. The summed E-state index contributed by atoms with van der Waals surface area (Å²) in [5, 5.41) is 3.07. The zero-order chi connectivity index (χ0) is 12.7. The third kappa shape index (κ3) is 5.08. The zero-order valence-corrected chi connectivity index (χ0v) is 9.56. The van der Waals surface area contributed by atoms with Gasteiger partial charge < -0.3 is 11.1 Å². The van der Waals surface area contributed by atoms with Gasteiger partial charge in [0, 0.05) is 12.2 Å². The minimum Gasteiger partial charge on any atom is -0.385 e. The van der Waals surface area contributed by atoms with Crippen LogP contribution < -0.4 is 11.1 Å². The van der Waals surface area contributed by atoms with Gasteiger partial charge in [0.25, 0.3) is 0 Å². The summed E-state index contributed by atoms with van der Waals surface area (Å²) in [6.45, 7) is 1.44. The number of hydrogen-bond acceptors (Lipinski definition) is 2. The van der Waals surface area contributed by atoms with Crippen LogP contribution in [0.2, 0.25) is 0 Å². The van der Waals surface area contributed by atoms with E-state index in [1.54, 1.807) is 0 Å². The fourth-order valence-electron chi connectivity index (χ4n) is 1.46. The maximum absolute atomic E-state index is 12.3. The van der Waals surface area contributed by atoms with Gasteiger partial charge >= 0.3 is 6.18 Å². The van der Waals surface area contributed by atoms with Crippen LogP contribution in [0.15, 0.2) is 24.3 Å². The molecule has 1 rings (SSSR count). The molecule has 0 saturated carbocycles. The van der Waals surface area contributed by atoms with E-state index in [-0.39, 0.29) is 0 Å². The second kappa shape index (κ2) is 6.49. The Hall–Kier alpha value is -1.23. The number of nitrogens with one attached hydrogen (secondary N) is 1. The summed E-state index contributed by atoms with van der Waals surface area (Å²) >= 11 is 0. The molecule has 96 valence electrons. The SMILES string of the molecule is NCCCCCNc1ccc(C(F)(F)F)cc1. The second-order valence-electron chi connectivity index (χ2n) is 3.85. The molecule has 5 heteroatoms. The summed E-state index contributed by atoms with van der Waals surface area (Å²) in [5.41, 5.74) is 5.45. The van der Waals surface area contributed by atoms with E-state index in [0.29, 0.717) is 12.2 Å². The highest BCUT2D eigenvalue weighted by atomic mass is 19.4. The van der Waals surface area contributed by atoms with Crippen molar-refractivity contribution < 1.29 is 13.2 Å². The van der Waals surface area contributed by atoms with Gasteiger partial charge in [0.1, 0.15) is 0 Å². The van der Waals surface area contributed by atoms with Crippen LogP contribution in [0, 0.1) is 0 Å². The minimum atomic E-state index is -4.26. The Morgan fingerprint density at radius 2 is 1.65 bits per heavy atom. The van der Waals surface area contributed by atoms with E-state index in [1.807, 2.05) is 0 Å². The number of benzene rings is 1. The molecular formula is C12H17F3N2. The molecule has 1 aromatic rings. The van der Waals surface area contributed by atoms with Crippen molar-refractivity contribution in [3.63, 3.8) is 0 Å². The van der Waals surface area contributed by atoms with Gasteiger partial charge in [0.15, 0.2) is 0 Å². The van der Waals surface area contributed by atoms with Crippen LogP contribution in [0.25, 0.3) is 0 Å². The molecule has 2 nitrogen and oxygen atoms in total. The van der Waals surface area contributed by atoms with Gasteiger partial charge in [-0.25, -0.2) is 0 Å². The van der Waals surface area contributed by atoms with Gasteiger partial charge in [0.2, 0.25) is 0 Å². The fraction of sp³-hybridized carbons (Fsp3) is 0.500. The molecule has 1 aromatic carbocycles. The van der Waals surface area contributed by atoms with Crippen molar-refractivity contribution in [2.24, 2.45) is 5.73 Å². The van der Waals surface area contributed by atoms with Crippen molar-refractivity contribution in [3.8, 4) is 0 Å². The summed E-state index contributed by atoms with van der Waals surface area (Å²) in [6.07, 6.45) is -1.28. The van der Waals surface area contributed by atoms with Crippen molar-refractivity contribution in [2.75, 3.05) is 18.4 Å². The Labute approximate surface area is 99.0 Å². The Morgan fingerprint density at radius 3 is 2.18 bits per heavy atom. The Bertz CT molecular complexity index is 320. The largest absolute Gasteiger partial charge is 0.416 e. The summed E-state index contributed by atoms with van der Waals surface area (Å²) in [4.78, 5) is 0. The van der Waals surface area contributed by atoms with Crippen LogP contribution >= 0.6 is 0 Å². The molecule has 0 aliphatic carbocycles. The predicted octanol–water partition coefficient (Wildman–Crippen LogP) is 3.25. The summed E-state index contributed by atoms with van der Waals surface area (Å²) in [6, 6.07) is 5.07. The fourth-order valence-corrected chi connectivity index (χ4v) is 1.46. The van der Waals surface area contributed by atoms with Crippen LogP contribution in [0.5, 0.6) is 0 Å². The number of nitrogens with two attached hydrogens (primary N) is 1. The topological polar surface area (TPSA) is 38.0 Å². The van der Waals surface area contributed by atoms with Crippen LogP contribution in [0.4, 0.5) is 18.9 Å². The van der Waals surface area contributed by atoms with Gasteiger partial charge in [0.05, 0.1) is 5.56 Å². The van der Waals surface area contributed by atoms with E-state index in [4.69, 9.17) is 5.73 Å². The number of halogens is 3. The maximum atomic E-state index is 12.3. The minimum absolute atomic E-state index is 0.619. The van der Waals surface area contributed by atoms with Crippen molar-refractivity contribution in [1.82, 2.24) is 0 Å². The maximum Gasteiger partial charge on any atom is 0.416 e. The van der Waals surface area contributed by atoms with Gasteiger partial charge in [-0.05, 0) is 43.7 Å². The Morgan fingerprint density at radius 1 is 1.00 bits per heavy atom. The first kappa shape index (κ1) is 13.8. The van der Waals surface area contributed by atoms with Crippen LogP contribution in [0.1, 0.15) is 24.8 Å². The quantitative estimate of drug-likeness (QED) is 0.756. The molecule has 0 aliphatic rings. The summed E-state index contributed by atoms with van der Waals surface area (Å²) in [5.74, 6) is 0. The molecule has 0 heterocycles. The van der Waals surface area contributed by atoms with Crippen molar-refractivity contribution in [1.29, 1.82) is 0 Å². The monoisotopic (exact) mass is 246 g/mol. The lowest BCUT2D eigenvalue weighted by molar-refractivity contribution is -0.137. The predicted molar refractivity (Wildman–Crippen MR) is 62.8 cm³/mol. The zero-order valence-electron chi connectivity index (χ0n) is 9.56. The van der Waals surface area contributed by atoms with E-state index in [9.17, 15) is 13.2 Å². The molecule has 0 unspecified atom stereocenters. The lowest BCUT2D eigenvalue weighted by Gasteiger charge is -2.09. The molecular weight excluding hydrogens is 229 g/mol. The smallest absolute Gasteiger partial charge is 0.385 e. The first-order valence-electron chi connectivity index (χ1n) is 5.65. The van der Waals surface area contributed by atoms with E-state index in [1.165, 1.54) is 12.1 Å². The third-order valence-electron chi connectivity index (χ3n) is 2.42. The standard InChI is InChI=1S/C12H17F3N2/c13-12(14,15)10-4-6-11(7-5-10)17-9-3-1-2-8-16/h4-7,17H,1-3,8-9,16H2. The summed E-state index contributed by atoms with van der Waals surface area (Å²) in [7, 11) is 0. The van der Waals surface area contributed by atoms with Crippen LogP contribution in [-0.4, -0.2) is 13.1 Å². The van der Waals surface area contributed by atoms with Gasteiger partial charge in [-0.15, -0.1) is 0 Å². The van der Waals surface area contributed by atoms with Gasteiger partial charge in [-0.3, -0.25) is 0 Å². The van der Waals surface area contributed by atoms with Crippen molar-refractivity contribution >= 4 is 5.69 Å². The molecule has 0 spiro atoms. The molecule has 0 radical (unpaired) electrons. The lowest BCUT2D eigenvalue weighted by atomic mass is 10.2. The number of alkyl halides is 3. The average Bonchev–Trinajstić information content (AvgIpc) is 2.28. The molecule has 0 amide bonds. The Balaban J connectivity index is 2.36. The molecule has 0 aliphatic heterocycles. The lowest BCUT2D eigenvalue weighted by Crippen LogP contribution is -2.06. The molecule has 0 fully saturated rings. The highest BCUT2D eigenvalue weighted by molar-refractivity contribution is 5.44. The average molecular weight is 246 g/mol. The second-order valence-corrected chi connectivity index (χ2v) is 3.85. The molecule has 3 N–H and O–H groups in total. The van der Waals surface area contributed by atoms with Gasteiger partial charge in [-0.2, -0.15) is 13.2 Å². The number of unbranched alkanes of at least 4 members (excludes halogenated alkanes) is 2. The van der Waals surface area contributed by atoms with E-state index in [0.717, 1.165) is 37.9 Å². The van der Waals surface area contributed by atoms with E-state index in [2.05, 4.69) is 5.32 Å². The number of hydrogen-bond donors (Lipinski definition) is 2. The molecule has 0 aromatic heterocycles. The van der Waals surface area contributed by atoms with Crippen LogP contribution in [0.3, 0.4) is 0 Å². The molecule has 0 saturated heterocycles. The number of anilines is 1. The first-order chi connectivity index (χ1) is 8.04. The van der Waals surface area contributed by atoms with Gasteiger partial charge in [-0.1, -0.05) is 6.42 Å². The number of rotatable bonds is 6. The van der Waals surface area contributed by atoms with Crippen LogP contribution in [-0.2, 0) is 6.18 Å². The Kier molecular flexibility index (Phi) is 5.28. The molecule has 0 atom stereocenters. The van der Waals surface area contributed by atoms with Crippen molar-refractivity contribution in [2.45, 2.75) is 25.4 Å². The first-order valence-corrected chi connectivity index (χ1v) is 5.65. The molecule has 17 heavy (non-hydrogen) atoms. The molecule has 0 bridgehead atoms. The summed E-state index contributed by atoms with van der Waals surface area (Å²) < 4.78 is 36.8. The van der Waals surface area contributed by atoms with E-state index >= 15 is 0 Å². The third-order valence-corrected chi connectivity index (χ3v) is 2.42. The van der Waals surface area contributed by atoms with Crippen molar-refractivity contribution in [3.05, 3.63) is 29.8 Å². The van der Waals surface area contributed by atoms with E-state index < -0.39 is 11.7 Å². The highest BCUT2D eigenvalue weighted by Gasteiger charge is 2.29. The normalized spacial score (nSPS) is 11.5.